The first-order valence-electron chi connectivity index (χ1n) is 10.4. The highest BCUT2D eigenvalue weighted by Gasteiger charge is 2.24. The Morgan fingerprint density at radius 1 is 1.06 bits per heavy atom. The van der Waals surface area contributed by atoms with Crippen molar-refractivity contribution in [1.29, 1.82) is 0 Å². The zero-order chi connectivity index (χ0) is 21.8. The Morgan fingerprint density at radius 3 is 2.48 bits per heavy atom. The minimum atomic E-state index is -0.291. The normalized spacial score (nSPS) is 14.2. The highest BCUT2D eigenvalue weighted by atomic mass is 35.5. The van der Waals surface area contributed by atoms with E-state index in [0.717, 1.165) is 12.0 Å². The van der Waals surface area contributed by atoms with Crippen molar-refractivity contribution in [2.24, 2.45) is 0 Å². The largest absolute Gasteiger partial charge is 0.351 e. The summed E-state index contributed by atoms with van der Waals surface area (Å²) in [7, 11) is 0. The maximum absolute atomic E-state index is 13.3. The first kappa shape index (κ1) is 21.2. The van der Waals surface area contributed by atoms with Gasteiger partial charge in [0.15, 0.2) is 5.82 Å². The molecule has 2 aromatic heterocycles. The Kier molecular flexibility index (Phi) is 6.46. The Morgan fingerprint density at radius 2 is 1.81 bits per heavy atom. The number of amides is 2. The van der Waals surface area contributed by atoms with Gasteiger partial charge in [0.05, 0.1) is 17.1 Å². The van der Waals surface area contributed by atoms with Crippen LogP contribution in [0.1, 0.15) is 19.2 Å². The van der Waals surface area contributed by atoms with E-state index in [2.05, 4.69) is 20.2 Å². The van der Waals surface area contributed by atoms with Crippen molar-refractivity contribution in [1.82, 2.24) is 25.2 Å². The molecule has 4 rings (SSSR count). The average molecular weight is 443 g/mol. The number of aromatic nitrogens is 3. The number of hydrogen-bond acceptors (Lipinski definition) is 5. The fourth-order valence-corrected chi connectivity index (χ4v) is 3.69. The third-order valence-electron chi connectivity index (χ3n) is 5.22. The summed E-state index contributed by atoms with van der Waals surface area (Å²) in [5.41, 5.74) is 2.90. The van der Waals surface area contributed by atoms with Gasteiger partial charge in [-0.1, -0.05) is 6.92 Å². The lowest BCUT2D eigenvalue weighted by Gasteiger charge is -2.35. The van der Waals surface area contributed by atoms with Crippen LogP contribution in [0.5, 0.6) is 0 Å². The summed E-state index contributed by atoms with van der Waals surface area (Å²) in [6.45, 7) is 5.15. The Balaban J connectivity index is 1.64. The number of halogens is 2. The van der Waals surface area contributed by atoms with Gasteiger partial charge >= 0.3 is 6.03 Å². The summed E-state index contributed by atoms with van der Waals surface area (Å²) in [4.78, 5) is 30.1. The summed E-state index contributed by atoms with van der Waals surface area (Å²) in [5.74, 6) is 1.14. The van der Waals surface area contributed by atoms with Crippen LogP contribution in [0.4, 0.5) is 15.0 Å². The van der Waals surface area contributed by atoms with E-state index >= 15 is 0 Å². The molecule has 0 spiro atoms. The fraction of sp³-hybridized carbons (Fsp3) is 0.364. The minimum Gasteiger partial charge on any atom is -0.351 e. The summed E-state index contributed by atoms with van der Waals surface area (Å²) in [6, 6.07) is 9.94. The molecule has 1 saturated heterocycles. The zero-order valence-electron chi connectivity index (χ0n) is 17.3. The van der Waals surface area contributed by atoms with Gasteiger partial charge in [0.2, 0.25) is 0 Å². The number of hydrogen-bond donors (Lipinski definition) is 1. The molecule has 9 heteroatoms. The predicted octanol–water partition coefficient (Wildman–Crippen LogP) is 3.81. The van der Waals surface area contributed by atoms with Crippen LogP contribution in [0.2, 0.25) is 0 Å². The number of nitrogens with one attached hydrogen (secondary N) is 1. The lowest BCUT2D eigenvalue weighted by Crippen LogP contribution is -2.52. The van der Waals surface area contributed by atoms with E-state index in [-0.39, 0.29) is 17.7 Å². The zero-order valence-corrected chi connectivity index (χ0v) is 18.1. The van der Waals surface area contributed by atoms with Gasteiger partial charge in [0.1, 0.15) is 17.2 Å². The molecule has 162 valence electrons. The maximum Gasteiger partial charge on any atom is 0.317 e. The topological polar surface area (TPSA) is 74.2 Å². The average Bonchev–Trinajstić information content (AvgIpc) is 2.82. The lowest BCUT2D eigenvalue weighted by molar-refractivity contribution is 0.194. The van der Waals surface area contributed by atoms with E-state index in [4.69, 9.17) is 16.6 Å². The molecule has 3 heterocycles. The van der Waals surface area contributed by atoms with Crippen LogP contribution in [-0.2, 0) is 5.88 Å². The van der Waals surface area contributed by atoms with E-state index < -0.39 is 0 Å². The van der Waals surface area contributed by atoms with Crippen molar-refractivity contribution in [3.63, 3.8) is 0 Å². The number of carbonyl (C=O) groups excluding carboxylic acids is 1. The molecule has 0 aliphatic carbocycles. The minimum absolute atomic E-state index is 0.0350. The Hall–Kier alpha value is -3.00. The fourth-order valence-electron chi connectivity index (χ4n) is 3.57. The van der Waals surface area contributed by atoms with Crippen LogP contribution in [0.25, 0.3) is 22.3 Å². The second kappa shape index (κ2) is 9.43. The molecule has 1 aliphatic heterocycles. The SMILES string of the molecule is CCCNC(=O)N1CCN(c2nc(CCl)nc3ccc(-c4ccc(F)cc4)nc23)CC1. The maximum atomic E-state index is 13.3. The van der Waals surface area contributed by atoms with Crippen LogP contribution < -0.4 is 10.2 Å². The molecule has 1 fully saturated rings. The molecule has 31 heavy (non-hydrogen) atoms. The third-order valence-corrected chi connectivity index (χ3v) is 5.46. The van der Waals surface area contributed by atoms with Crippen molar-refractivity contribution in [3.8, 4) is 11.3 Å². The molecule has 1 aromatic carbocycles. The highest BCUT2D eigenvalue weighted by Crippen LogP contribution is 2.27. The molecule has 7 nitrogen and oxygen atoms in total. The van der Waals surface area contributed by atoms with Gasteiger partial charge in [-0.15, -0.1) is 11.6 Å². The molecule has 0 saturated carbocycles. The number of nitrogens with zero attached hydrogens (tertiary/aromatic N) is 5. The van der Waals surface area contributed by atoms with E-state index in [1.165, 1.54) is 12.1 Å². The lowest BCUT2D eigenvalue weighted by atomic mass is 10.1. The first-order chi connectivity index (χ1) is 15.1. The summed E-state index contributed by atoms with van der Waals surface area (Å²) in [5, 5.41) is 2.92. The van der Waals surface area contributed by atoms with Gasteiger partial charge in [-0.05, 0) is 42.8 Å². The smallest absolute Gasteiger partial charge is 0.317 e. The van der Waals surface area contributed by atoms with Gasteiger partial charge in [-0.25, -0.2) is 24.1 Å². The van der Waals surface area contributed by atoms with Gasteiger partial charge in [0.25, 0.3) is 0 Å². The molecular weight excluding hydrogens is 419 g/mol. The van der Waals surface area contributed by atoms with Gasteiger partial charge in [0, 0.05) is 38.3 Å². The monoisotopic (exact) mass is 442 g/mol. The molecule has 0 bridgehead atoms. The van der Waals surface area contributed by atoms with Gasteiger partial charge in [-0.2, -0.15) is 0 Å². The van der Waals surface area contributed by atoms with Crippen LogP contribution in [0.15, 0.2) is 36.4 Å². The number of pyridine rings is 1. The molecule has 1 aliphatic rings. The number of piperazine rings is 1. The van der Waals surface area contributed by atoms with Crippen LogP contribution >= 0.6 is 11.6 Å². The van der Waals surface area contributed by atoms with E-state index in [1.807, 2.05) is 24.0 Å². The summed E-state index contributed by atoms with van der Waals surface area (Å²) in [6.07, 6.45) is 0.905. The van der Waals surface area contributed by atoms with E-state index in [0.29, 0.717) is 61.1 Å². The Bertz CT molecular complexity index is 1070. The van der Waals surface area contributed by atoms with Gasteiger partial charge < -0.3 is 15.1 Å². The Labute approximate surface area is 185 Å². The number of urea groups is 1. The standard InChI is InChI=1S/C22H24ClFN6O/c1-2-9-25-22(31)30-12-10-29(11-13-30)21-20-18(26-19(14-23)28-21)8-7-17(27-20)15-3-5-16(24)6-4-15/h3-8H,2,9-14H2,1H3,(H,25,31). The molecular formula is C22H24ClFN6O. The van der Waals surface area contributed by atoms with Gasteiger partial charge in [-0.3, -0.25) is 0 Å². The van der Waals surface area contributed by atoms with Crippen molar-refractivity contribution in [2.45, 2.75) is 19.2 Å². The van der Waals surface area contributed by atoms with Crippen molar-refractivity contribution >= 4 is 34.5 Å². The van der Waals surface area contributed by atoms with E-state index in [9.17, 15) is 9.18 Å². The van der Waals surface area contributed by atoms with Crippen molar-refractivity contribution in [2.75, 3.05) is 37.6 Å². The second-order valence-corrected chi connectivity index (χ2v) is 7.64. The number of benzene rings is 1. The summed E-state index contributed by atoms with van der Waals surface area (Å²) < 4.78 is 13.3. The summed E-state index contributed by atoms with van der Waals surface area (Å²) >= 11 is 6.03. The van der Waals surface area contributed by atoms with Crippen molar-refractivity contribution < 1.29 is 9.18 Å². The van der Waals surface area contributed by atoms with E-state index in [1.54, 1.807) is 12.1 Å². The molecule has 0 radical (unpaired) electrons. The number of carbonyl (C=O) groups is 1. The number of rotatable bonds is 5. The number of fused-ring (bicyclic) bond motifs is 1. The second-order valence-electron chi connectivity index (χ2n) is 7.37. The van der Waals surface area contributed by atoms with Crippen molar-refractivity contribution in [3.05, 3.63) is 48.0 Å². The molecule has 2 amide bonds. The van der Waals surface area contributed by atoms with Crippen LogP contribution in [0, 0.1) is 5.82 Å². The molecule has 3 aromatic rings. The molecule has 1 N–H and O–H groups in total. The highest BCUT2D eigenvalue weighted by molar-refractivity contribution is 6.16. The molecule has 0 atom stereocenters. The van der Waals surface area contributed by atoms with Crippen LogP contribution in [0.3, 0.4) is 0 Å². The third kappa shape index (κ3) is 4.69. The predicted molar refractivity (Wildman–Crippen MR) is 120 cm³/mol. The first-order valence-corrected chi connectivity index (χ1v) is 10.9. The molecule has 0 unspecified atom stereocenters. The van der Waals surface area contributed by atoms with Crippen LogP contribution in [-0.4, -0.2) is 58.6 Å². The number of alkyl halides is 1. The number of anilines is 1. The quantitative estimate of drug-likeness (QED) is 0.608.